The normalized spacial score (nSPS) is 12.1. The van der Waals surface area contributed by atoms with Crippen molar-refractivity contribution in [1.82, 2.24) is 0 Å². The summed E-state index contributed by atoms with van der Waals surface area (Å²) in [6.45, 7) is 1.87. The Bertz CT molecular complexity index is 406. The molecule has 5 heteroatoms. The van der Waals surface area contributed by atoms with Crippen molar-refractivity contribution in [3.63, 3.8) is 0 Å². The second kappa shape index (κ2) is 6.83. The summed E-state index contributed by atoms with van der Waals surface area (Å²) in [5.41, 5.74) is 0.597. The van der Waals surface area contributed by atoms with Crippen molar-refractivity contribution < 1.29 is 14.8 Å². The van der Waals surface area contributed by atoms with Gasteiger partial charge >= 0.3 is 0 Å². The molecule has 0 amide bonds. The molecule has 0 spiro atoms. The molecule has 0 aliphatic heterocycles. The maximum absolute atomic E-state index is 10.7. The Morgan fingerprint density at radius 3 is 2.78 bits per heavy atom. The number of phenols is 1. The average molecular weight is 253 g/mol. The van der Waals surface area contributed by atoms with E-state index in [1.807, 2.05) is 6.92 Å². The van der Waals surface area contributed by atoms with E-state index in [4.69, 9.17) is 4.74 Å². The van der Waals surface area contributed by atoms with Crippen LogP contribution in [0.2, 0.25) is 0 Å². The van der Waals surface area contributed by atoms with Crippen molar-refractivity contribution in [2.24, 2.45) is 0 Å². The van der Waals surface area contributed by atoms with Crippen LogP contribution in [0.5, 0.6) is 11.5 Å². The van der Waals surface area contributed by atoms with Gasteiger partial charge in [-0.25, -0.2) is 0 Å². The zero-order valence-electron chi connectivity index (χ0n) is 10.8. The van der Waals surface area contributed by atoms with Crippen molar-refractivity contribution in [2.45, 2.75) is 32.1 Å². The third kappa shape index (κ3) is 3.61. The second-order valence-corrected chi connectivity index (χ2v) is 4.25. The first-order chi connectivity index (χ1) is 8.60. The van der Waals surface area contributed by atoms with Crippen LogP contribution in [0.4, 0.5) is 0 Å². The standard InChI is InChI=1S/C13H19NO4/c1-3-4-6-10(9-14(16)17)11-7-5-8-12(18-2)13(11)15/h5,7-8,10,15H,3-4,6,9H2,1-2H3. The van der Waals surface area contributed by atoms with Crippen molar-refractivity contribution in [1.29, 1.82) is 0 Å². The van der Waals surface area contributed by atoms with Gasteiger partial charge in [-0.2, -0.15) is 0 Å². The molecule has 0 fully saturated rings. The number of benzene rings is 1. The summed E-state index contributed by atoms with van der Waals surface area (Å²) in [6.07, 6.45) is 2.56. The average Bonchev–Trinajstić information content (AvgIpc) is 2.34. The van der Waals surface area contributed by atoms with Crippen molar-refractivity contribution in [3.8, 4) is 11.5 Å². The minimum absolute atomic E-state index is 0.0166. The number of unbranched alkanes of at least 4 members (excludes halogenated alkanes) is 1. The van der Waals surface area contributed by atoms with E-state index in [1.165, 1.54) is 7.11 Å². The molecular weight excluding hydrogens is 234 g/mol. The summed E-state index contributed by atoms with van der Waals surface area (Å²) in [7, 11) is 1.47. The van der Waals surface area contributed by atoms with Gasteiger partial charge in [0.25, 0.3) is 0 Å². The van der Waals surface area contributed by atoms with Gasteiger partial charge in [-0.1, -0.05) is 31.9 Å². The van der Waals surface area contributed by atoms with E-state index in [0.29, 0.717) is 17.7 Å². The van der Waals surface area contributed by atoms with Gasteiger partial charge in [-0.15, -0.1) is 0 Å². The Kier molecular flexibility index (Phi) is 5.42. The van der Waals surface area contributed by atoms with Gasteiger partial charge in [0, 0.05) is 10.5 Å². The SMILES string of the molecule is CCCCC(C[N+](=O)[O-])c1cccc(OC)c1O. The van der Waals surface area contributed by atoms with E-state index in [-0.39, 0.29) is 23.1 Å². The highest BCUT2D eigenvalue weighted by Crippen LogP contribution is 2.36. The predicted molar refractivity (Wildman–Crippen MR) is 68.8 cm³/mol. The smallest absolute Gasteiger partial charge is 0.210 e. The van der Waals surface area contributed by atoms with E-state index in [1.54, 1.807) is 18.2 Å². The number of phenolic OH excluding ortho intramolecular Hbond substituents is 1. The summed E-state index contributed by atoms with van der Waals surface area (Å²) in [6, 6.07) is 5.11. The summed E-state index contributed by atoms with van der Waals surface area (Å²) in [5, 5.41) is 20.7. The van der Waals surface area contributed by atoms with Gasteiger partial charge in [0.1, 0.15) is 0 Å². The van der Waals surface area contributed by atoms with Crippen LogP contribution in [-0.2, 0) is 0 Å². The Morgan fingerprint density at radius 2 is 2.22 bits per heavy atom. The molecule has 0 radical (unpaired) electrons. The van der Waals surface area contributed by atoms with E-state index >= 15 is 0 Å². The molecule has 100 valence electrons. The number of methoxy groups -OCH3 is 1. The summed E-state index contributed by atoms with van der Waals surface area (Å²) < 4.78 is 5.03. The fourth-order valence-electron chi connectivity index (χ4n) is 2.01. The molecule has 5 nitrogen and oxygen atoms in total. The van der Waals surface area contributed by atoms with Crippen LogP contribution in [0.1, 0.15) is 37.7 Å². The molecule has 0 heterocycles. The summed E-state index contributed by atoms with van der Waals surface area (Å²) in [4.78, 5) is 10.4. The maximum Gasteiger partial charge on any atom is 0.210 e. The Balaban J connectivity index is 2.99. The van der Waals surface area contributed by atoms with E-state index < -0.39 is 0 Å². The van der Waals surface area contributed by atoms with Crippen molar-refractivity contribution in [2.75, 3.05) is 13.7 Å². The highest BCUT2D eigenvalue weighted by atomic mass is 16.6. The fourth-order valence-corrected chi connectivity index (χ4v) is 2.01. The lowest BCUT2D eigenvalue weighted by Gasteiger charge is -2.15. The molecule has 0 aromatic heterocycles. The maximum atomic E-state index is 10.7. The van der Waals surface area contributed by atoms with Crippen LogP contribution >= 0.6 is 0 Å². The van der Waals surface area contributed by atoms with Crippen LogP contribution in [0.15, 0.2) is 18.2 Å². The fraction of sp³-hybridized carbons (Fsp3) is 0.538. The topological polar surface area (TPSA) is 72.6 Å². The van der Waals surface area contributed by atoms with Crippen molar-refractivity contribution >= 4 is 0 Å². The number of nitro groups is 1. The molecule has 0 saturated heterocycles. The van der Waals surface area contributed by atoms with Gasteiger partial charge in [0.15, 0.2) is 11.5 Å². The monoisotopic (exact) mass is 253 g/mol. The molecule has 1 N–H and O–H groups in total. The zero-order valence-corrected chi connectivity index (χ0v) is 10.8. The second-order valence-electron chi connectivity index (χ2n) is 4.25. The number of nitrogens with zero attached hydrogens (tertiary/aromatic N) is 1. The number of para-hydroxylation sites is 1. The number of hydrogen-bond donors (Lipinski definition) is 1. The molecule has 0 bridgehead atoms. The van der Waals surface area contributed by atoms with Crippen molar-refractivity contribution in [3.05, 3.63) is 33.9 Å². The number of ether oxygens (including phenoxy) is 1. The summed E-state index contributed by atoms with van der Waals surface area (Å²) in [5.74, 6) is 0.107. The molecule has 1 aromatic carbocycles. The van der Waals surface area contributed by atoms with Gasteiger partial charge in [-0.05, 0) is 12.5 Å². The third-order valence-corrected chi connectivity index (χ3v) is 2.97. The summed E-state index contributed by atoms with van der Waals surface area (Å²) >= 11 is 0. The highest BCUT2D eigenvalue weighted by molar-refractivity contribution is 5.47. The van der Waals surface area contributed by atoms with Crippen LogP contribution in [0.25, 0.3) is 0 Å². The first kappa shape index (κ1) is 14.3. The lowest BCUT2D eigenvalue weighted by Crippen LogP contribution is -2.13. The first-order valence-corrected chi connectivity index (χ1v) is 6.07. The first-order valence-electron chi connectivity index (χ1n) is 6.07. The van der Waals surface area contributed by atoms with Crippen LogP contribution in [0.3, 0.4) is 0 Å². The van der Waals surface area contributed by atoms with E-state index in [0.717, 1.165) is 12.8 Å². The van der Waals surface area contributed by atoms with Gasteiger partial charge in [0.2, 0.25) is 6.54 Å². The third-order valence-electron chi connectivity index (χ3n) is 2.97. The number of rotatable bonds is 7. The molecule has 18 heavy (non-hydrogen) atoms. The Morgan fingerprint density at radius 1 is 1.50 bits per heavy atom. The van der Waals surface area contributed by atoms with E-state index in [9.17, 15) is 15.2 Å². The molecular formula is C13H19NO4. The Labute approximate surface area is 107 Å². The largest absolute Gasteiger partial charge is 0.504 e. The van der Waals surface area contributed by atoms with Crippen LogP contribution < -0.4 is 4.74 Å². The van der Waals surface area contributed by atoms with Crippen LogP contribution in [-0.4, -0.2) is 23.7 Å². The van der Waals surface area contributed by atoms with E-state index in [2.05, 4.69) is 0 Å². The number of aromatic hydroxyl groups is 1. The quantitative estimate of drug-likeness (QED) is 0.599. The molecule has 0 aliphatic rings. The number of hydrogen-bond acceptors (Lipinski definition) is 4. The lowest BCUT2D eigenvalue weighted by atomic mass is 9.92. The minimum atomic E-state index is -0.334. The van der Waals surface area contributed by atoms with Gasteiger partial charge in [0.05, 0.1) is 13.0 Å². The van der Waals surface area contributed by atoms with Gasteiger partial charge < -0.3 is 9.84 Å². The Hall–Kier alpha value is -1.78. The zero-order chi connectivity index (χ0) is 13.5. The molecule has 1 unspecified atom stereocenters. The predicted octanol–water partition coefficient (Wildman–Crippen LogP) is 2.95. The van der Waals surface area contributed by atoms with Gasteiger partial charge in [-0.3, -0.25) is 10.1 Å². The minimum Gasteiger partial charge on any atom is -0.504 e. The molecule has 0 aliphatic carbocycles. The molecule has 1 rings (SSSR count). The van der Waals surface area contributed by atoms with Crippen LogP contribution in [0, 0.1) is 10.1 Å². The lowest BCUT2D eigenvalue weighted by molar-refractivity contribution is -0.483. The molecule has 1 atom stereocenters. The molecule has 0 saturated carbocycles. The molecule has 1 aromatic rings. The highest BCUT2D eigenvalue weighted by Gasteiger charge is 2.22.